The molecule has 0 aliphatic heterocycles. The van der Waals surface area contributed by atoms with Crippen molar-refractivity contribution < 1.29 is 38.9 Å². The molecule has 0 radical (unpaired) electrons. The van der Waals surface area contributed by atoms with Gasteiger partial charge in [0.15, 0.2) is 0 Å². The third-order valence-corrected chi connectivity index (χ3v) is 8.84. The summed E-state index contributed by atoms with van der Waals surface area (Å²) >= 11 is -4.00. The van der Waals surface area contributed by atoms with E-state index < -0.39 is 32.8 Å². The molecule has 1 rings (SSSR count). The van der Waals surface area contributed by atoms with Crippen LogP contribution in [0.1, 0.15) is 71.1 Å². The normalized spacial score (nSPS) is 11.6. The minimum atomic E-state index is -4.00. The summed E-state index contributed by atoms with van der Waals surface area (Å²) in [6, 6.07) is 7.71. The molecule has 25 heavy (non-hydrogen) atoms. The zero-order valence-corrected chi connectivity index (χ0v) is 18.4. The standard InChI is InChI=1S/C12H25O.C6H6O3S.O.Zr/c1-2-3-4-5-6-7-8-9-10-11-12-13;7-10(8,9)6-4-2-1-3-5-6;;/h2-12H2,1H3;1-5H,(H,7,8,9);;/q-1;;;+2/p-1. The molecule has 142 valence electrons. The molecule has 0 fully saturated rings. The van der Waals surface area contributed by atoms with Crippen LogP contribution in [-0.4, -0.2) is 15.0 Å². The van der Waals surface area contributed by atoms with Crippen molar-refractivity contribution in [1.82, 2.24) is 0 Å². The SMILES string of the molecule is CCCCCCCCCCCC[O][Zr](=[O])[O]S(=O)(=O)c1ccccc1. The molecule has 0 N–H and O–H groups in total. The van der Waals surface area contributed by atoms with Gasteiger partial charge in [0.25, 0.3) is 0 Å². The molecule has 0 atom stereocenters. The predicted molar refractivity (Wildman–Crippen MR) is 93.2 cm³/mol. The molecule has 0 amide bonds. The van der Waals surface area contributed by atoms with Crippen LogP contribution in [0.4, 0.5) is 0 Å². The van der Waals surface area contributed by atoms with Crippen molar-refractivity contribution in [3.8, 4) is 0 Å². The molecule has 7 heteroatoms. The van der Waals surface area contributed by atoms with Crippen molar-refractivity contribution >= 4 is 10.1 Å². The van der Waals surface area contributed by atoms with E-state index in [0.29, 0.717) is 6.61 Å². The third-order valence-electron chi connectivity index (χ3n) is 3.93. The molecular formula is C18H30O5SZr. The number of unbranched alkanes of at least 4 members (excludes halogenated alkanes) is 9. The van der Waals surface area contributed by atoms with E-state index in [1.54, 1.807) is 18.2 Å². The number of hydrogen-bond acceptors (Lipinski definition) is 5. The fraction of sp³-hybridized carbons (Fsp3) is 0.667. The van der Waals surface area contributed by atoms with E-state index in [-0.39, 0.29) is 4.90 Å². The maximum atomic E-state index is 11.9. The van der Waals surface area contributed by atoms with E-state index in [0.717, 1.165) is 19.3 Å². The number of benzene rings is 1. The van der Waals surface area contributed by atoms with Gasteiger partial charge in [-0.25, -0.2) is 0 Å². The van der Waals surface area contributed by atoms with Crippen LogP contribution in [-0.2, 0) is 40.6 Å². The average molecular weight is 450 g/mol. The van der Waals surface area contributed by atoms with Gasteiger partial charge in [-0.3, -0.25) is 0 Å². The Bertz CT molecular complexity index is 574. The van der Waals surface area contributed by atoms with E-state index in [1.165, 1.54) is 57.1 Å². The fourth-order valence-corrected chi connectivity index (χ4v) is 6.46. The molecule has 0 aliphatic rings. The van der Waals surface area contributed by atoms with E-state index in [4.69, 9.17) is 5.07 Å². The Morgan fingerprint density at radius 2 is 1.36 bits per heavy atom. The first-order valence-corrected chi connectivity index (χ1v) is 13.6. The van der Waals surface area contributed by atoms with Crippen molar-refractivity contribution in [2.45, 2.75) is 76.0 Å². The van der Waals surface area contributed by atoms with Gasteiger partial charge in [0.05, 0.1) is 0 Å². The first-order chi connectivity index (χ1) is 12.1. The van der Waals surface area contributed by atoms with Gasteiger partial charge in [0.2, 0.25) is 0 Å². The van der Waals surface area contributed by atoms with E-state index >= 15 is 0 Å². The van der Waals surface area contributed by atoms with Crippen LogP contribution in [0, 0.1) is 0 Å². The summed E-state index contributed by atoms with van der Waals surface area (Å²) in [5, 5.41) is 0. The van der Waals surface area contributed by atoms with E-state index in [1.807, 2.05) is 0 Å². The molecule has 0 aromatic heterocycles. The van der Waals surface area contributed by atoms with Crippen LogP contribution in [0.2, 0.25) is 0 Å². The zero-order chi connectivity index (χ0) is 18.4. The summed E-state index contributed by atoms with van der Waals surface area (Å²) in [6.07, 6.45) is 12.0. The molecule has 0 heterocycles. The first-order valence-electron chi connectivity index (χ1n) is 9.22. The van der Waals surface area contributed by atoms with E-state index in [9.17, 15) is 11.2 Å². The molecule has 1 aromatic carbocycles. The van der Waals surface area contributed by atoms with Crippen LogP contribution in [0.3, 0.4) is 0 Å². The Balaban J connectivity index is 2.04. The molecule has 0 saturated carbocycles. The van der Waals surface area contributed by atoms with Gasteiger partial charge in [0.1, 0.15) is 0 Å². The van der Waals surface area contributed by atoms with Crippen LogP contribution < -0.4 is 0 Å². The summed E-state index contributed by atoms with van der Waals surface area (Å²) in [5.74, 6) is 0. The molecule has 1 aromatic rings. The molecule has 0 aliphatic carbocycles. The van der Waals surface area contributed by atoms with Crippen LogP contribution in [0.5, 0.6) is 0 Å². The van der Waals surface area contributed by atoms with Crippen molar-refractivity contribution in [2.24, 2.45) is 0 Å². The van der Waals surface area contributed by atoms with Crippen LogP contribution >= 0.6 is 0 Å². The third kappa shape index (κ3) is 11.2. The Hall–Kier alpha value is -0.227. The van der Waals surface area contributed by atoms with E-state index in [2.05, 4.69) is 6.92 Å². The molecular weight excluding hydrogens is 419 g/mol. The summed E-state index contributed by atoms with van der Waals surface area (Å²) in [5.41, 5.74) is 0. The Labute approximate surface area is 161 Å². The van der Waals surface area contributed by atoms with Gasteiger partial charge >= 0.3 is 155 Å². The maximum absolute atomic E-state index is 11.9. The summed E-state index contributed by atoms with van der Waals surface area (Å²) in [7, 11) is -3.97. The van der Waals surface area contributed by atoms with Crippen molar-refractivity contribution in [3.63, 3.8) is 0 Å². The van der Waals surface area contributed by atoms with Crippen LogP contribution in [0.15, 0.2) is 35.2 Å². The van der Waals surface area contributed by atoms with Crippen LogP contribution in [0.25, 0.3) is 0 Å². The van der Waals surface area contributed by atoms with Gasteiger partial charge in [-0.05, 0) is 0 Å². The fourth-order valence-electron chi connectivity index (χ4n) is 2.49. The van der Waals surface area contributed by atoms with Gasteiger partial charge < -0.3 is 0 Å². The Morgan fingerprint density at radius 3 is 1.92 bits per heavy atom. The Kier molecular flexibility index (Phi) is 12.7. The van der Waals surface area contributed by atoms with Gasteiger partial charge in [0, 0.05) is 0 Å². The zero-order valence-electron chi connectivity index (χ0n) is 15.1. The second-order valence-corrected chi connectivity index (χ2v) is 10.8. The summed E-state index contributed by atoms with van der Waals surface area (Å²) < 4.78 is 45.3. The molecule has 5 nitrogen and oxygen atoms in total. The number of hydrogen-bond donors (Lipinski definition) is 0. The number of rotatable bonds is 15. The Morgan fingerprint density at radius 1 is 0.840 bits per heavy atom. The summed E-state index contributed by atoms with van der Waals surface area (Å²) in [6.45, 7) is 2.53. The minimum absolute atomic E-state index is 0.00601. The van der Waals surface area contributed by atoms with Gasteiger partial charge in [-0.1, -0.05) is 6.92 Å². The van der Waals surface area contributed by atoms with Gasteiger partial charge in [-0.2, -0.15) is 0 Å². The molecule has 0 spiro atoms. The second-order valence-electron chi connectivity index (χ2n) is 6.13. The molecule has 0 saturated heterocycles. The molecule has 0 unspecified atom stereocenters. The predicted octanol–water partition coefficient (Wildman–Crippen LogP) is 5.12. The second kappa shape index (κ2) is 13.9. The topological polar surface area (TPSA) is 69.7 Å². The summed E-state index contributed by atoms with van der Waals surface area (Å²) in [4.78, 5) is 0.00601. The van der Waals surface area contributed by atoms with Gasteiger partial charge in [-0.15, -0.1) is 0 Å². The van der Waals surface area contributed by atoms with Crippen molar-refractivity contribution in [3.05, 3.63) is 30.3 Å². The first kappa shape index (κ1) is 22.8. The molecule has 0 bridgehead atoms. The quantitative estimate of drug-likeness (QED) is 0.347. The van der Waals surface area contributed by atoms with Crippen molar-refractivity contribution in [2.75, 3.05) is 6.61 Å². The monoisotopic (exact) mass is 448 g/mol. The average Bonchev–Trinajstić information content (AvgIpc) is 2.60. The van der Waals surface area contributed by atoms with Crippen molar-refractivity contribution in [1.29, 1.82) is 0 Å².